The largest absolute Gasteiger partial charge is 0.813 e. The first kappa shape index (κ1) is 63.8. The number of anilines is 2. The standard InChI is InChI=1S/C36H34FN7O4.C34H35BFN7O4.H2S/c1-2-32(46)42-10-4-5-24(18-42)44-17-23(16-40-44)29-15-26-34(38-20-39-35(26)41-29)25-6-3-7-30(27(25)19-45)43-11-12-48-31-14-22(21-8-9-21)13-28(37)33(31)36(43)47;1-35(46)41-9-3-4-23(17-41)43-16-22(15-39-43)28-14-25-32(37-19-38-33(25)40-28)24-5-2-6-29(26(24)18-44)42-10-11-47-30-13-21(20-7-8-20)12-27(36)31(30)34(42)45;/h2-3,6-7,13-17,20-21,24,45H,1,4-5,8-12,18-19H2,(H,38,39,41);2,5-6,12-16,19-20,23,44,46H,3-4,7-11,17-18H2,1H3,(H,37,38,40);1H2/p-1. The Labute approximate surface area is 558 Å². The predicted molar refractivity (Wildman–Crippen MR) is 362 cm³/mol. The molecule has 10 heterocycles. The van der Waals surface area contributed by atoms with Crippen molar-refractivity contribution in [2.24, 2.45) is 0 Å². The summed E-state index contributed by atoms with van der Waals surface area (Å²) in [5, 5.41) is 42.2. The molecule has 2 atom stereocenters. The van der Waals surface area contributed by atoms with Gasteiger partial charge in [0.2, 0.25) is 5.91 Å². The van der Waals surface area contributed by atoms with Gasteiger partial charge in [-0.1, -0.05) is 30.8 Å². The summed E-state index contributed by atoms with van der Waals surface area (Å²) in [4.78, 5) is 71.7. The third kappa shape index (κ3) is 12.1. The highest BCUT2D eigenvalue weighted by molar-refractivity contribution is 7.37. The van der Waals surface area contributed by atoms with Gasteiger partial charge >= 0.3 is 7.05 Å². The number of ether oxygens (including phenoxy) is 2. The van der Waals surface area contributed by atoms with Crippen molar-refractivity contribution in [3.8, 4) is 56.5 Å². The van der Waals surface area contributed by atoms with E-state index < -0.39 is 30.5 Å². The number of nitrogens with zero attached hydrogens (tertiary/aromatic N) is 12. The van der Waals surface area contributed by atoms with Crippen molar-refractivity contribution in [1.29, 1.82) is 0 Å². The van der Waals surface area contributed by atoms with Crippen molar-refractivity contribution in [1.82, 2.24) is 59.2 Å². The molecule has 492 valence electrons. The average molecular weight is 1320 g/mol. The van der Waals surface area contributed by atoms with Crippen LogP contribution in [0, 0.1) is 11.6 Å². The van der Waals surface area contributed by atoms with Gasteiger partial charge < -0.3 is 67.7 Å². The van der Waals surface area contributed by atoms with E-state index in [0.29, 0.717) is 81.2 Å². The number of thiol groups is 1. The molecule has 0 spiro atoms. The van der Waals surface area contributed by atoms with Crippen LogP contribution in [0.15, 0.2) is 123 Å². The average Bonchev–Trinajstić information content (AvgIpc) is 1.62. The Morgan fingerprint density at radius 2 is 1.14 bits per heavy atom. The van der Waals surface area contributed by atoms with Gasteiger partial charge in [0.25, 0.3) is 11.8 Å². The molecule has 6 aromatic heterocycles. The lowest BCUT2D eigenvalue weighted by atomic mass is 9.82. The summed E-state index contributed by atoms with van der Waals surface area (Å²) in [5.74, 6) is -1.12. The molecule has 4 aliphatic heterocycles. The minimum atomic E-state index is -0.597. The molecule has 2 aliphatic carbocycles. The number of aromatic nitrogens is 10. The van der Waals surface area contributed by atoms with Crippen molar-refractivity contribution in [3.05, 3.63) is 168 Å². The Balaban J connectivity index is 0.000000163. The molecule has 0 bridgehead atoms. The van der Waals surface area contributed by atoms with E-state index in [0.717, 1.165) is 109 Å². The summed E-state index contributed by atoms with van der Waals surface area (Å²) in [6.45, 7) is 8.27. The second-order valence-electron chi connectivity index (χ2n) is 25.3. The molecule has 6 aliphatic rings. The first-order valence-electron chi connectivity index (χ1n) is 32.4. The van der Waals surface area contributed by atoms with E-state index in [1.165, 1.54) is 40.7 Å². The third-order valence-corrected chi connectivity index (χ3v) is 19.3. The molecule has 96 heavy (non-hydrogen) atoms. The molecular formula is C70H70BF2N14O8S-. The summed E-state index contributed by atoms with van der Waals surface area (Å²) in [5.41, 5.74) is 10.4. The van der Waals surface area contributed by atoms with Gasteiger partial charge in [-0.05, 0) is 142 Å². The van der Waals surface area contributed by atoms with Crippen molar-refractivity contribution in [2.45, 2.75) is 95.3 Å². The van der Waals surface area contributed by atoms with Crippen molar-refractivity contribution in [2.75, 3.05) is 62.3 Å². The number of rotatable bonds is 14. The Morgan fingerprint density at radius 3 is 1.59 bits per heavy atom. The number of amides is 3. The molecule has 16 rings (SSSR count). The van der Waals surface area contributed by atoms with Crippen LogP contribution in [0.2, 0.25) is 6.82 Å². The van der Waals surface area contributed by atoms with Gasteiger partial charge in [-0.2, -0.15) is 10.2 Å². The number of likely N-dealkylation sites (tertiary alicyclic amines) is 1. The van der Waals surface area contributed by atoms with E-state index >= 15 is 8.78 Å². The molecule has 22 nitrogen and oxygen atoms in total. The number of carbonyl (C=O) groups is 3. The van der Waals surface area contributed by atoms with E-state index in [9.17, 15) is 29.6 Å². The fraction of sp³-hybridized carbons (Fsp3) is 0.329. The normalized spacial score (nSPS) is 18.2. The van der Waals surface area contributed by atoms with Crippen molar-refractivity contribution >= 4 is 71.7 Å². The van der Waals surface area contributed by atoms with Crippen LogP contribution in [0.4, 0.5) is 20.2 Å². The smallest absolute Gasteiger partial charge is 0.376 e. The zero-order valence-electron chi connectivity index (χ0n) is 52.7. The fourth-order valence-electron chi connectivity index (χ4n) is 14.0. The van der Waals surface area contributed by atoms with Gasteiger partial charge in [-0.3, -0.25) is 23.7 Å². The van der Waals surface area contributed by atoms with Gasteiger partial charge in [-0.15, -0.1) is 0 Å². The molecule has 26 heteroatoms. The van der Waals surface area contributed by atoms with Crippen LogP contribution in [0.5, 0.6) is 11.5 Å². The topological polar surface area (TPSA) is 262 Å². The molecule has 3 amide bonds. The third-order valence-electron chi connectivity index (χ3n) is 19.3. The second-order valence-corrected chi connectivity index (χ2v) is 25.3. The Kier molecular flexibility index (Phi) is 17.6. The molecular weight excluding hydrogens is 1250 g/mol. The number of H-pyrrole nitrogens is 2. The van der Waals surface area contributed by atoms with Gasteiger partial charge in [0.05, 0.1) is 84.9 Å². The van der Waals surface area contributed by atoms with Crippen LogP contribution >= 0.6 is 0 Å². The highest BCUT2D eigenvalue weighted by Gasteiger charge is 2.36. The van der Waals surface area contributed by atoms with Crippen LogP contribution in [0.3, 0.4) is 0 Å². The minimum Gasteiger partial charge on any atom is -0.813 e. The number of benzene rings is 4. The van der Waals surface area contributed by atoms with Crippen molar-refractivity contribution in [3.63, 3.8) is 0 Å². The van der Waals surface area contributed by atoms with Crippen LogP contribution in [0.1, 0.15) is 118 Å². The number of hydrogen-bond acceptors (Lipinski definition) is 16. The fourth-order valence-corrected chi connectivity index (χ4v) is 14.0. The van der Waals surface area contributed by atoms with Gasteiger partial charge in [0.1, 0.15) is 71.4 Å². The zero-order valence-corrected chi connectivity index (χ0v) is 53.6. The summed E-state index contributed by atoms with van der Waals surface area (Å²) < 4.78 is 46.5. The zero-order chi connectivity index (χ0) is 65.2. The number of piperidine rings is 2. The summed E-state index contributed by atoms with van der Waals surface area (Å²) in [6.07, 6.45) is 19.6. The van der Waals surface area contributed by atoms with Crippen molar-refractivity contribution < 1.29 is 47.9 Å². The number of aliphatic hydroxyl groups is 2. The molecule has 2 unspecified atom stereocenters. The second kappa shape index (κ2) is 26.5. The maximum atomic E-state index is 15.4. The van der Waals surface area contributed by atoms with Gasteiger partial charge in [-0.25, -0.2) is 28.7 Å². The van der Waals surface area contributed by atoms with Gasteiger partial charge in [0, 0.05) is 76.2 Å². The molecule has 0 radical (unpaired) electrons. The first-order valence-corrected chi connectivity index (χ1v) is 32.4. The number of fused-ring (bicyclic) bond motifs is 4. The van der Waals surface area contributed by atoms with E-state index in [1.54, 1.807) is 48.3 Å². The van der Waals surface area contributed by atoms with Crippen LogP contribution in [-0.4, -0.2) is 152 Å². The quantitative estimate of drug-likeness (QED) is 0.0293. The summed E-state index contributed by atoms with van der Waals surface area (Å²) in [6, 6.07) is 21.4. The molecule has 4 fully saturated rings. The minimum absolute atomic E-state index is 0. The highest BCUT2D eigenvalue weighted by atomic mass is 32.1. The summed E-state index contributed by atoms with van der Waals surface area (Å²) >= 11 is 0. The number of carbonyl (C=O) groups excluding carboxylic acids is 3. The number of halogens is 2. The number of hydrogen-bond donors (Lipinski definition) is 5. The number of aliphatic hydroxyl groups excluding tert-OH is 2. The summed E-state index contributed by atoms with van der Waals surface area (Å²) in [7, 11) is -0.496. The van der Waals surface area contributed by atoms with Gasteiger partial charge in [0.15, 0.2) is 0 Å². The molecule has 4 aromatic carbocycles. The first-order chi connectivity index (χ1) is 46.3. The van der Waals surface area contributed by atoms with E-state index in [2.05, 4.69) is 51.5 Å². The van der Waals surface area contributed by atoms with Crippen LogP contribution in [0.25, 0.3) is 67.1 Å². The van der Waals surface area contributed by atoms with E-state index in [-0.39, 0.29) is 93.6 Å². The monoisotopic (exact) mass is 1320 g/mol. The lowest BCUT2D eigenvalue weighted by Crippen LogP contribution is -2.44. The maximum absolute atomic E-state index is 15.4. The Morgan fingerprint density at radius 1 is 0.656 bits per heavy atom. The maximum Gasteiger partial charge on any atom is 0.376 e. The van der Waals surface area contributed by atoms with E-state index in [4.69, 9.17) is 9.47 Å². The predicted octanol–water partition coefficient (Wildman–Crippen LogP) is 9.90. The highest BCUT2D eigenvalue weighted by Crippen LogP contribution is 2.46. The molecule has 2 saturated carbocycles. The van der Waals surface area contributed by atoms with E-state index in [1.807, 2.05) is 58.3 Å². The Bertz CT molecular complexity index is 4660. The van der Waals surface area contributed by atoms with Crippen LogP contribution in [-0.2, 0) is 31.5 Å². The Hall–Kier alpha value is -9.60. The molecule has 5 N–H and O–H groups in total. The number of aromatic amines is 2. The molecule has 10 aromatic rings. The van der Waals surface area contributed by atoms with Crippen LogP contribution < -0.4 is 19.3 Å². The molecule has 2 saturated heterocycles. The SMILES string of the molecule is C=CC(=O)N1CCCC(n2cc(-c3cc4c(-c5cccc(N6CCOc7cc(C8CC8)cc(F)c7C6=O)c5CO)ncnc4[nH]3)cn2)C1.CB(O)N1CCCC(n2cc(-c3cc4c(-c5cccc(N6CCOc7cc(C8CC8)cc(F)c7C6=O)c5CO)ncnc4[nH]3)cn2)C1.[SH-]. The lowest BCUT2D eigenvalue weighted by molar-refractivity contribution is -0.127. The lowest BCUT2D eigenvalue weighted by Gasteiger charge is -2.33. The number of nitrogens with one attached hydrogen (secondary N) is 2.